The van der Waals surface area contributed by atoms with E-state index in [-0.39, 0.29) is 5.78 Å². The average molecular weight is 249 g/mol. The highest BCUT2D eigenvalue weighted by Gasteiger charge is 2.11. The molecule has 0 spiro atoms. The first-order valence-corrected chi connectivity index (χ1v) is 6.30. The molecule has 0 radical (unpaired) electrons. The lowest BCUT2D eigenvalue weighted by Gasteiger charge is -2.26. The van der Waals surface area contributed by atoms with Crippen LogP contribution in [0.3, 0.4) is 0 Å². The fraction of sp³-hybridized carbons (Fsp3) is 0.500. The molecule has 1 fully saturated rings. The van der Waals surface area contributed by atoms with E-state index < -0.39 is 0 Å². The van der Waals surface area contributed by atoms with E-state index in [4.69, 9.17) is 9.47 Å². The fourth-order valence-corrected chi connectivity index (χ4v) is 1.99. The fourth-order valence-electron chi connectivity index (χ4n) is 1.99. The summed E-state index contributed by atoms with van der Waals surface area (Å²) in [6.07, 6.45) is 0. The summed E-state index contributed by atoms with van der Waals surface area (Å²) >= 11 is 0. The van der Waals surface area contributed by atoms with Crippen molar-refractivity contribution in [3.8, 4) is 5.75 Å². The maximum Gasteiger partial charge on any atom is 0.163 e. The van der Waals surface area contributed by atoms with Gasteiger partial charge in [-0.15, -0.1) is 0 Å². The number of benzene rings is 1. The summed E-state index contributed by atoms with van der Waals surface area (Å²) in [5.41, 5.74) is 0.652. The minimum absolute atomic E-state index is 0.0389. The Kier molecular flexibility index (Phi) is 4.73. The highest BCUT2D eigenvalue weighted by Crippen LogP contribution is 2.18. The van der Waals surface area contributed by atoms with Crippen molar-refractivity contribution in [1.82, 2.24) is 4.90 Å². The molecule has 4 nitrogen and oxygen atoms in total. The lowest BCUT2D eigenvalue weighted by Crippen LogP contribution is -2.38. The molecule has 98 valence electrons. The van der Waals surface area contributed by atoms with Gasteiger partial charge in [0.05, 0.1) is 18.8 Å². The second kappa shape index (κ2) is 6.52. The number of rotatable bonds is 5. The largest absolute Gasteiger partial charge is 0.491 e. The maximum absolute atomic E-state index is 11.4. The second-order valence-corrected chi connectivity index (χ2v) is 4.35. The zero-order valence-electron chi connectivity index (χ0n) is 10.7. The minimum atomic E-state index is 0.0389. The Morgan fingerprint density at radius 3 is 2.78 bits per heavy atom. The van der Waals surface area contributed by atoms with Gasteiger partial charge < -0.3 is 9.47 Å². The Morgan fingerprint density at radius 2 is 2.06 bits per heavy atom. The number of carbonyl (C=O) groups is 1. The Morgan fingerprint density at radius 1 is 1.33 bits per heavy atom. The topological polar surface area (TPSA) is 38.8 Å². The van der Waals surface area contributed by atoms with Gasteiger partial charge in [-0.3, -0.25) is 9.69 Å². The van der Waals surface area contributed by atoms with Crippen molar-refractivity contribution < 1.29 is 14.3 Å². The van der Waals surface area contributed by atoms with Crippen LogP contribution in [0.25, 0.3) is 0 Å². The Balaban J connectivity index is 1.84. The van der Waals surface area contributed by atoms with Gasteiger partial charge >= 0.3 is 0 Å². The number of hydrogen-bond acceptors (Lipinski definition) is 4. The van der Waals surface area contributed by atoms with Crippen LogP contribution in [0.1, 0.15) is 17.3 Å². The predicted octanol–water partition coefficient (Wildman–Crippen LogP) is 1.60. The summed E-state index contributed by atoms with van der Waals surface area (Å²) in [5.74, 6) is 0.718. The van der Waals surface area contributed by atoms with Gasteiger partial charge in [0.15, 0.2) is 5.78 Å². The summed E-state index contributed by atoms with van der Waals surface area (Å²) in [4.78, 5) is 13.7. The number of Topliss-reactive ketones (excluding diaryl/α,β-unsaturated/α-hetero) is 1. The van der Waals surface area contributed by atoms with Crippen molar-refractivity contribution >= 4 is 5.78 Å². The first-order valence-electron chi connectivity index (χ1n) is 6.30. The van der Waals surface area contributed by atoms with Crippen LogP contribution in [-0.2, 0) is 4.74 Å². The number of ketones is 1. The van der Waals surface area contributed by atoms with Crippen molar-refractivity contribution in [2.75, 3.05) is 39.5 Å². The molecule has 2 rings (SSSR count). The summed E-state index contributed by atoms with van der Waals surface area (Å²) < 4.78 is 11.0. The molecule has 0 unspecified atom stereocenters. The van der Waals surface area contributed by atoms with Gasteiger partial charge in [0.1, 0.15) is 12.4 Å². The molecule has 1 saturated heterocycles. The number of morpholine rings is 1. The van der Waals surface area contributed by atoms with E-state index in [0.29, 0.717) is 17.9 Å². The third-order valence-electron chi connectivity index (χ3n) is 3.04. The molecule has 0 aromatic heterocycles. The van der Waals surface area contributed by atoms with Crippen molar-refractivity contribution in [3.05, 3.63) is 29.8 Å². The molecule has 0 atom stereocenters. The van der Waals surface area contributed by atoms with Crippen LogP contribution in [0.15, 0.2) is 24.3 Å². The van der Waals surface area contributed by atoms with Gasteiger partial charge in [-0.25, -0.2) is 0 Å². The van der Waals surface area contributed by atoms with Crippen LogP contribution in [0.4, 0.5) is 0 Å². The minimum Gasteiger partial charge on any atom is -0.491 e. The predicted molar refractivity (Wildman–Crippen MR) is 69.2 cm³/mol. The zero-order chi connectivity index (χ0) is 12.8. The summed E-state index contributed by atoms with van der Waals surface area (Å²) in [6.45, 7) is 6.54. The molecule has 0 saturated carbocycles. The van der Waals surface area contributed by atoms with Crippen LogP contribution >= 0.6 is 0 Å². The standard InChI is InChI=1S/C14H19NO3/c1-12(16)13-4-2-3-5-14(13)18-11-8-15-6-9-17-10-7-15/h2-5H,6-11H2,1H3. The Labute approximate surface area is 107 Å². The molecule has 18 heavy (non-hydrogen) atoms. The SMILES string of the molecule is CC(=O)c1ccccc1OCCN1CCOCC1. The molecule has 0 N–H and O–H groups in total. The first-order chi connectivity index (χ1) is 8.77. The second-order valence-electron chi connectivity index (χ2n) is 4.35. The van der Waals surface area contributed by atoms with Gasteiger partial charge in [0.2, 0.25) is 0 Å². The molecule has 0 bridgehead atoms. The maximum atomic E-state index is 11.4. The van der Waals surface area contributed by atoms with Gasteiger partial charge in [0.25, 0.3) is 0 Å². The van der Waals surface area contributed by atoms with Gasteiger partial charge in [-0.1, -0.05) is 12.1 Å². The van der Waals surface area contributed by atoms with E-state index in [1.54, 1.807) is 13.0 Å². The smallest absolute Gasteiger partial charge is 0.163 e. The molecule has 0 aliphatic carbocycles. The number of carbonyl (C=O) groups excluding carboxylic acids is 1. The molecule has 1 aromatic carbocycles. The van der Waals surface area contributed by atoms with Gasteiger partial charge in [-0.2, -0.15) is 0 Å². The normalized spacial score (nSPS) is 16.5. The van der Waals surface area contributed by atoms with E-state index >= 15 is 0 Å². The van der Waals surface area contributed by atoms with E-state index in [0.717, 1.165) is 32.8 Å². The number of ether oxygens (including phenoxy) is 2. The highest BCUT2D eigenvalue weighted by molar-refractivity contribution is 5.96. The van der Waals surface area contributed by atoms with Crippen LogP contribution < -0.4 is 4.74 Å². The molecule has 4 heteroatoms. The molecule has 0 amide bonds. The van der Waals surface area contributed by atoms with Crippen LogP contribution in [-0.4, -0.2) is 50.1 Å². The van der Waals surface area contributed by atoms with E-state index in [2.05, 4.69) is 4.90 Å². The molecule has 1 aliphatic heterocycles. The third kappa shape index (κ3) is 3.55. The summed E-state index contributed by atoms with van der Waals surface area (Å²) in [5, 5.41) is 0. The Hall–Kier alpha value is -1.39. The van der Waals surface area contributed by atoms with Gasteiger partial charge in [0, 0.05) is 19.6 Å². The number of para-hydroxylation sites is 1. The van der Waals surface area contributed by atoms with Crippen LogP contribution in [0.2, 0.25) is 0 Å². The first kappa shape index (κ1) is 13.1. The van der Waals surface area contributed by atoms with Crippen molar-refractivity contribution in [3.63, 3.8) is 0 Å². The van der Waals surface area contributed by atoms with Crippen molar-refractivity contribution in [1.29, 1.82) is 0 Å². The molecule has 1 aromatic rings. The van der Waals surface area contributed by atoms with E-state index in [9.17, 15) is 4.79 Å². The number of nitrogens with zero attached hydrogens (tertiary/aromatic N) is 1. The van der Waals surface area contributed by atoms with E-state index in [1.165, 1.54) is 0 Å². The van der Waals surface area contributed by atoms with Crippen LogP contribution in [0, 0.1) is 0 Å². The average Bonchev–Trinajstić information content (AvgIpc) is 2.40. The molecular formula is C14H19NO3. The van der Waals surface area contributed by atoms with E-state index in [1.807, 2.05) is 18.2 Å². The lowest BCUT2D eigenvalue weighted by atomic mass is 10.1. The van der Waals surface area contributed by atoms with Gasteiger partial charge in [-0.05, 0) is 19.1 Å². The van der Waals surface area contributed by atoms with Crippen molar-refractivity contribution in [2.24, 2.45) is 0 Å². The molecule has 1 aliphatic rings. The lowest BCUT2D eigenvalue weighted by molar-refractivity contribution is 0.0322. The summed E-state index contributed by atoms with van der Waals surface area (Å²) in [7, 11) is 0. The molecule has 1 heterocycles. The Bertz CT molecular complexity index is 400. The van der Waals surface area contributed by atoms with Crippen molar-refractivity contribution in [2.45, 2.75) is 6.92 Å². The highest BCUT2D eigenvalue weighted by atomic mass is 16.5. The number of hydrogen-bond donors (Lipinski definition) is 0. The monoisotopic (exact) mass is 249 g/mol. The molecular weight excluding hydrogens is 230 g/mol. The summed E-state index contributed by atoms with van der Waals surface area (Å²) in [6, 6.07) is 7.38. The quantitative estimate of drug-likeness (QED) is 0.743. The van der Waals surface area contributed by atoms with Crippen LogP contribution in [0.5, 0.6) is 5.75 Å². The zero-order valence-corrected chi connectivity index (χ0v) is 10.7. The third-order valence-corrected chi connectivity index (χ3v) is 3.04.